The van der Waals surface area contributed by atoms with Crippen LogP contribution in [0.2, 0.25) is 0 Å². The van der Waals surface area contributed by atoms with Gasteiger partial charge in [-0.25, -0.2) is 0 Å². The lowest BCUT2D eigenvalue weighted by atomic mass is 10.1. The summed E-state index contributed by atoms with van der Waals surface area (Å²) < 4.78 is 5.18. The normalized spacial score (nSPS) is 10.1. The van der Waals surface area contributed by atoms with Crippen molar-refractivity contribution in [3.05, 3.63) is 47.8 Å². The van der Waals surface area contributed by atoms with E-state index in [1.54, 1.807) is 13.3 Å². The third-order valence-corrected chi connectivity index (χ3v) is 2.88. The molecular weight excluding hydrogens is 226 g/mol. The highest BCUT2D eigenvalue weighted by molar-refractivity contribution is 5.68. The van der Waals surface area contributed by atoms with Crippen molar-refractivity contribution >= 4 is 11.4 Å². The van der Waals surface area contributed by atoms with E-state index in [0.717, 1.165) is 17.0 Å². The fourth-order valence-corrected chi connectivity index (χ4v) is 1.69. The zero-order chi connectivity index (χ0) is 13.0. The molecule has 0 saturated carbocycles. The summed E-state index contributed by atoms with van der Waals surface area (Å²) in [4.78, 5) is 4.12. The maximum Gasteiger partial charge on any atom is 0.121 e. The van der Waals surface area contributed by atoms with Gasteiger partial charge in [0.05, 0.1) is 18.5 Å². The third kappa shape index (κ3) is 2.71. The minimum Gasteiger partial charge on any atom is -0.497 e. The van der Waals surface area contributed by atoms with Crippen LogP contribution >= 0.6 is 0 Å². The molecule has 94 valence electrons. The molecule has 1 aromatic carbocycles. The highest BCUT2D eigenvalue weighted by atomic mass is 16.5. The van der Waals surface area contributed by atoms with Gasteiger partial charge in [0.1, 0.15) is 5.75 Å². The van der Waals surface area contributed by atoms with Crippen LogP contribution in [-0.2, 0) is 6.54 Å². The van der Waals surface area contributed by atoms with Gasteiger partial charge in [0, 0.05) is 25.0 Å². The number of ether oxygens (including phenoxy) is 1. The molecule has 3 N–H and O–H groups in total. The van der Waals surface area contributed by atoms with Crippen molar-refractivity contribution in [3.63, 3.8) is 0 Å². The minimum atomic E-state index is 0.692. The Morgan fingerprint density at radius 2 is 2.17 bits per heavy atom. The number of hydrogen-bond donors (Lipinski definition) is 2. The summed E-state index contributed by atoms with van der Waals surface area (Å²) in [5, 5.41) is 3.30. The number of aromatic nitrogens is 1. The van der Waals surface area contributed by atoms with Gasteiger partial charge in [-0.15, -0.1) is 0 Å². The minimum absolute atomic E-state index is 0.692. The van der Waals surface area contributed by atoms with Gasteiger partial charge in [0.25, 0.3) is 0 Å². The molecule has 0 aliphatic carbocycles. The van der Waals surface area contributed by atoms with E-state index in [0.29, 0.717) is 12.2 Å². The molecule has 0 radical (unpaired) electrons. The van der Waals surface area contributed by atoms with Crippen LogP contribution in [0.1, 0.15) is 11.1 Å². The van der Waals surface area contributed by atoms with Gasteiger partial charge < -0.3 is 15.8 Å². The van der Waals surface area contributed by atoms with Crippen LogP contribution in [0.5, 0.6) is 5.75 Å². The van der Waals surface area contributed by atoms with Gasteiger partial charge in [0.15, 0.2) is 0 Å². The lowest BCUT2D eigenvalue weighted by Crippen LogP contribution is -2.04. The second kappa shape index (κ2) is 5.40. The first kappa shape index (κ1) is 12.2. The summed E-state index contributed by atoms with van der Waals surface area (Å²) in [5.41, 5.74) is 9.85. The number of pyridine rings is 1. The topological polar surface area (TPSA) is 60.2 Å². The fraction of sp³-hybridized carbons (Fsp3) is 0.214. The maximum absolute atomic E-state index is 5.91. The zero-order valence-electron chi connectivity index (χ0n) is 10.6. The van der Waals surface area contributed by atoms with Gasteiger partial charge >= 0.3 is 0 Å². The van der Waals surface area contributed by atoms with Crippen molar-refractivity contribution in [1.29, 1.82) is 0 Å². The van der Waals surface area contributed by atoms with Gasteiger partial charge in [-0.1, -0.05) is 0 Å². The first-order valence-electron chi connectivity index (χ1n) is 5.77. The molecule has 0 aliphatic rings. The summed E-state index contributed by atoms with van der Waals surface area (Å²) in [6, 6.07) is 7.56. The molecule has 0 spiro atoms. The van der Waals surface area contributed by atoms with E-state index in [9.17, 15) is 0 Å². The van der Waals surface area contributed by atoms with E-state index in [1.165, 1.54) is 5.56 Å². The number of nitrogens with zero attached hydrogens (tertiary/aromatic N) is 1. The molecule has 4 heteroatoms. The molecule has 0 unspecified atom stereocenters. The monoisotopic (exact) mass is 243 g/mol. The zero-order valence-corrected chi connectivity index (χ0v) is 10.6. The second-order valence-electron chi connectivity index (χ2n) is 4.11. The number of nitrogen functional groups attached to an aromatic ring is 1. The van der Waals surface area contributed by atoms with Gasteiger partial charge in [-0.2, -0.15) is 0 Å². The average molecular weight is 243 g/mol. The quantitative estimate of drug-likeness (QED) is 0.810. The molecule has 0 fully saturated rings. The maximum atomic E-state index is 5.91. The highest BCUT2D eigenvalue weighted by Crippen LogP contribution is 2.25. The van der Waals surface area contributed by atoms with Crippen LogP contribution < -0.4 is 15.8 Å². The Kier molecular flexibility index (Phi) is 3.67. The van der Waals surface area contributed by atoms with Crippen LogP contribution in [0, 0.1) is 6.92 Å². The number of benzene rings is 1. The number of hydrogen-bond acceptors (Lipinski definition) is 4. The highest BCUT2D eigenvalue weighted by Gasteiger charge is 2.02. The molecular formula is C14H17N3O. The molecule has 18 heavy (non-hydrogen) atoms. The number of methoxy groups -OCH3 is 1. The van der Waals surface area contributed by atoms with Crippen LogP contribution in [-0.4, -0.2) is 12.1 Å². The molecule has 1 aromatic heterocycles. The number of anilines is 2. The molecule has 4 nitrogen and oxygen atoms in total. The summed E-state index contributed by atoms with van der Waals surface area (Å²) in [6.07, 6.45) is 3.65. The van der Waals surface area contributed by atoms with Crippen LogP contribution in [0.4, 0.5) is 11.4 Å². The Morgan fingerprint density at radius 1 is 1.33 bits per heavy atom. The van der Waals surface area contributed by atoms with Crippen LogP contribution in [0.3, 0.4) is 0 Å². The van der Waals surface area contributed by atoms with E-state index in [-0.39, 0.29) is 0 Å². The Bertz CT molecular complexity index is 540. The number of nitrogens with one attached hydrogen (secondary N) is 1. The molecule has 0 amide bonds. The van der Waals surface area contributed by atoms with E-state index in [2.05, 4.69) is 17.2 Å². The summed E-state index contributed by atoms with van der Waals surface area (Å²) >= 11 is 0. The average Bonchev–Trinajstić information content (AvgIpc) is 2.39. The van der Waals surface area contributed by atoms with Gasteiger partial charge in [0.2, 0.25) is 0 Å². The van der Waals surface area contributed by atoms with Crippen LogP contribution in [0.15, 0.2) is 36.7 Å². The number of aryl methyl sites for hydroxylation is 1. The number of nitrogens with two attached hydrogens (primary N) is 1. The Balaban J connectivity index is 2.13. The van der Waals surface area contributed by atoms with Gasteiger partial charge in [-0.3, -0.25) is 4.98 Å². The Hall–Kier alpha value is -2.23. The molecule has 0 aliphatic heterocycles. The predicted octanol–water partition coefficient (Wildman–Crippen LogP) is 2.59. The summed E-state index contributed by atoms with van der Waals surface area (Å²) in [5.74, 6) is 0.787. The summed E-state index contributed by atoms with van der Waals surface area (Å²) in [6.45, 7) is 2.75. The van der Waals surface area contributed by atoms with E-state index >= 15 is 0 Å². The first-order chi connectivity index (χ1) is 8.70. The first-order valence-corrected chi connectivity index (χ1v) is 5.77. The SMILES string of the molecule is COc1ccc(N)c(NCc2cnccc2C)c1. The molecule has 0 bridgehead atoms. The molecule has 0 saturated heterocycles. The standard InChI is InChI=1S/C14H17N3O/c1-10-5-6-16-8-11(10)9-17-14-7-12(18-2)3-4-13(14)15/h3-8,17H,9,15H2,1-2H3. The van der Waals surface area contributed by atoms with Crippen molar-refractivity contribution in [2.75, 3.05) is 18.2 Å². The van der Waals surface area contributed by atoms with Crippen molar-refractivity contribution < 1.29 is 4.74 Å². The smallest absolute Gasteiger partial charge is 0.121 e. The third-order valence-electron chi connectivity index (χ3n) is 2.88. The molecule has 1 heterocycles. The van der Waals surface area contributed by atoms with Gasteiger partial charge in [-0.05, 0) is 36.2 Å². The van der Waals surface area contributed by atoms with E-state index in [4.69, 9.17) is 10.5 Å². The number of rotatable bonds is 4. The van der Waals surface area contributed by atoms with Crippen LogP contribution in [0.25, 0.3) is 0 Å². The Morgan fingerprint density at radius 3 is 2.89 bits per heavy atom. The van der Waals surface area contributed by atoms with Crippen molar-refractivity contribution in [2.45, 2.75) is 13.5 Å². The fourth-order valence-electron chi connectivity index (χ4n) is 1.69. The predicted molar refractivity (Wildman–Crippen MR) is 73.7 cm³/mol. The van der Waals surface area contributed by atoms with Crippen molar-refractivity contribution in [1.82, 2.24) is 4.98 Å². The van der Waals surface area contributed by atoms with E-state index in [1.807, 2.05) is 30.5 Å². The van der Waals surface area contributed by atoms with E-state index < -0.39 is 0 Å². The lowest BCUT2D eigenvalue weighted by molar-refractivity contribution is 0.415. The summed E-state index contributed by atoms with van der Waals surface area (Å²) in [7, 11) is 1.64. The van der Waals surface area contributed by atoms with Crippen molar-refractivity contribution in [3.8, 4) is 5.75 Å². The van der Waals surface area contributed by atoms with Crippen molar-refractivity contribution in [2.24, 2.45) is 0 Å². The lowest BCUT2D eigenvalue weighted by Gasteiger charge is -2.12. The largest absolute Gasteiger partial charge is 0.497 e. The molecule has 2 rings (SSSR count). The molecule has 0 atom stereocenters. The Labute approximate surface area is 107 Å². The molecule has 2 aromatic rings. The second-order valence-corrected chi connectivity index (χ2v) is 4.11.